The van der Waals surface area contributed by atoms with Gasteiger partial charge >= 0.3 is 7.60 Å². The first kappa shape index (κ1) is 15.0. The molecule has 0 aliphatic rings. The Morgan fingerprint density at radius 3 is 2.50 bits per heavy atom. The number of hydrogen-bond acceptors (Lipinski definition) is 2. The highest BCUT2D eigenvalue weighted by Gasteiger charge is 2.20. The number of ether oxygens (including phenoxy) is 1. The molecule has 0 spiro atoms. The lowest BCUT2D eigenvalue weighted by atomic mass is 9.96. The van der Waals surface area contributed by atoms with Gasteiger partial charge in [-0.1, -0.05) is 38.6 Å². The van der Waals surface area contributed by atoms with Gasteiger partial charge in [0.2, 0.25) is 6.35 Å². The maximum absolute atomic E-state index is 10.9. The van der Waals surface area contributed by atoms with E-state index in [0.29, 0.717) is 12.1 Å². The van der Waals surface area contributed by atoms with E-state index in [1.165, 1.54) is 0 Å². The van der Waals surface area contributed by atoms with E-state index in [2.05, 4.69) is 6.58 Å². The van der Waals surface area contributed by atoms with Crippen LogP contribution < -0.4 is 4.74 Å². The lowest BCUT2D eigenvalue weighted by molar-refractivity contribution is 0.337. The third-order valence-corrected chi connectivity index (χ3v) is 2.82. The monoisotopic (exact) mass is 269 g/mol. The lowest BCUT2D eigenvalue weighted by Gasteiger charge is -2.17. The summed E-state index contributed by atoms with van der Waals surface area (Å²) in [6.45, 7) is 9.64. The van der Waals surface area contributed by atoms with Gasteiger partial charge in [0.1, 0.15) is 5.75 Å². The first-order chi connectivity index (χ1) is 8.22. The number of allylic oxidation sites excluding steroid dienone is 1. The van der Waals surface area contributed by atoms with E-state index in [1.807, 2.05) is 39.0 Å². The molecule has 5 heteroatoms. The molecule has 0 aliphatic carbocycles. The summed E-state index contributed by atoms with van der Waals surface area (Å²) in [6, 6.07) is 5.57. The molecular formula is C13H18O4P. The molecule has 0 atom stereocenters. The van der Waals surface area contributed by atoms with Crippen molar-refractivity contribution < 1.29 is 19.1 Å². The maximum Gasteiger partial charge on any atom is 0.370 e. The average molecular weight is 269 g/mol. The SMILES string of the molecule is C=C(C)c1cccc(C(C)C)c1O[CH]P(=O)(O)O. The summed E-state index contributed by atoms with van der Waals surface area (Å²) in [5.74, 6) is 0.646. The van der Waals surface area contributed by atoms with Crippen LogP contribution >= 0.6 is 7.60 Å². The van der Waals surface area contributed by atoms with Crippen LogP contribution in [-0.4, -0.2) is 9.79 Å². The molecule has 99 valence electrons. The standard InChI is InChI=1S/C13H18O4P/c1-9(2)11-6-5-7-12(10(3)4)13(11)17-8-18(14,15)16/h5-8,10H,1H2,2-4H3,(H2,14,15,16). The van der Waals surface area contributed by atoms with Crippen LogP contribution in [0.1, 0.15) is 37.8 Å². The topological polar surface area (TPSA) is 66.8 Å². The Labute approximate surface area is 107 Å². The third kappa shape index (κ3) is 3.98. The van der Waals surface area contributed by atoms with Crippen LogP contribution in [0.25, 0.3) is 5.57 Å². The summed E-state index contributed by atoms with van der Waals surface area (Å²) in [5.41, 5.74) is 2.43. The van der Waals surface area contributed by atoms with Gasteiger partial charge in [0.15, 0.2) is 0 Å². The first-order valence-electron chi connectivity index (χ1n) is 5.57. The Morgan fingerprint density at radius 1 is 1.44 bits per heavy atom. The van der Waals surface area contributed by atoms with Gasteiger partial charge < -0.3 is 14.5 Å². The quantitative estimate of drug-likeness (QED) is 0.802. The van der Waals surface area contributed by atoms with Crippen LogP contribution in [0.15, 0.2) is 24.8 Å². The molecule has 0 aliphatic heterocycles. The molecule has 0 saturated heterocycles. The van der Waals surface area contributed by atoms with Crippen molar-refractivity contribution in [3.8, 4) is 5.75 Å². The third-order valence-electron chi connectivity index (χ3n) is 2.44. The van der Waals surface area contributed by atoms with Gasteiger partial charge in [-0.05, 0) is 24.0 Å². The van der Waals surface area contributed by atoms with Crippen LogP contribution in [-0.2, 0) is 4.57 Å². The molecule has 0 heterocycles. The van der Waals surface area contributed by atoms with Crippen molar-refractivity contribution >= 4 is 13.2 Å². The van der Waals surface area contributed by atoms with Crippen LogP contribution in [0.5, 0.6) is 5.75 Å². The van der Waals surface area contributed by atoms with Gasteiger partial charge in [-0.25, -0.2) is 0 Å². The van der Waals surface area contributed by atoms with Crippen LogP contribution in [0.3, 0.4) is 0 Å². The van der Waals surface area contributed by atoms with Gasteiger partial charge in [-0.3, -0.25) is 4.57 Å². The zero-order valence-electron chi connectivity index (χ0n) is 10.8. The van der Waals surface area contributed by atoms with E-state index in [0.717, 1.165) is 16.7 Å². The molecule has 2 N–H and O–H groups in total. The van der Waals surface area contributed by atoms with Crippen molar-refractivity contribution in [1.29, 1.82) is 0 Å². The van der Waals surface area contributed by atoms with Crippen molar-refractivity contribution in [1.82, 2.24) is 0 Å². The summed E-state index contributed by atoms with van der Waals surface area (Å²) in [5, 5.41) is 0. The van der Waals surface area contributed by atoms with Gasteiger partial charge in [0.25, 0.3) is 0 Å². The van der Waals surface area contributed by atoms with E-state index in [4.69, 9.17) is 14.5 Å². The van der Waals surface area contributed by atoms with Crippen LogP contribution in [0.4, 0.5) is 0 Å². The smallest absolute Gasteiger partial charge is 0.370 e. The minimum atomic E-state index is -4.31. The van der Waals surface area contributed by atoms with Gasteiger partial charge in [0.05, 0.1) is 0 Å². The molecule has 0 aromatic heterocycles. The maximum atomic E-state index is 10.9. The molecule has 0 unspecified atom stereocenters. The fourth-order valence-electron chi connectivity index (χ4n) is 1.60. The largest absolute Gasteiger partial charge is 0.472 e. The number of benzene rings is 1. The van der Waals surface area contributed by atoms with Crippen LogP contribution in [0, 0.1) is 6.35 Å². The second-order valence-electron chi connectivity index (χ2n) is 4.47. The van der Waals surface area contributed by atoms with Crippen molar-refractivity contribution in [2.24, 2.45) is 0 Å². The average Bonchev–Trinajstić information content (AvgIpc) is 2.24. The molecule has 1 radical (unpaired) electrons. The summed E-state index contributed by atoms with van der Waals surface area (Å²) in [6.07, 6.45) is 0.570. The minimum Gasteiger partial charge on any atom is -0.472 e. The molecule has 0 fully saturated rings. The van der Waals surface area contributed by atoms with Crippen LogP contribution in [0.2, 0.25) is 0 Å². The summed E-state index contributed by atoms with van der Waals surface area (Å²) in [4.78, 5) is 17.7. The summed E-state index contributed by atoms with van der Waals surface area (Å²) < 4.78 is 16.1. The second-order valence-corrected chi connectivity index (χ2v) is 5.86. The van der Waals surface area contributed by atoms with Crippen molar-refractivity contribution in [2.75, 3.05) is 0 Å². The Bertz CT molecular complexity index is 488. The van der Waals surface area contributed by atoms with Gasteiger partial charge in [0, 0.05) is 5.56 Å². The first-order valence-corrected chi connectivity index (χ1v) is 7.25. The fourth-order valence-corrected chi connectivity index (χ4v) is 1.84. The second kappa shape index (κ2) is 5.70. The Balaban J connectivity index is 3.19. The molecule has 0 bridgehead atoms. The summed E-state index contributed by atoms with van der Waals surface area (Å²) in [7, 11) is -4.31. The van der Waals surface area contributed by atoms with Gasteiger partial charge in [-0.2, -0.15) is 0 Å². The molecule has 4 nitrogen and oxygen atoms in total. The molecule has 18 heavy (non-hydrogen) atoms. The Morgan fingerprint density at radius 2 is 2.06 bits per heavy atom. The zero-order chi connectivity index (χ0) is 13.9. The van der Waals surface area contributed by atoms with Gasteiger partial charge in [-0.15, -0.1) is 0 Å². The molecule has 1 aromatic rings. The highest BCUT2D eigenvalue weighted by molar-refractivity contribution is 7.53. The van der Waals surface area contributed by atoms with E-state index in [1.54, 1.807) is 0 Å². The highest BCUT2D eigenvalue weighted by atomic mass is 31.2. The Kier molecular flexibility index (Phi) is 4.74. The lowest BCUT2D eigenvalue weighted by Crippen LogP contribution is -2.00. The summed E-state index contributed by atoms with van der Waals surface area (Å²) >= 11 is 0. The molecular weight excluding hydrogens is 251 g/mol. The van der Waals surface area contributed by atoms with E-state index in [9.17, 15) is 4.57 Å². The normalized spacial score (nSPS) is 11.7. The molecule has 1 aromatic carbocycles. The molecule has 1 rings (SSSR count). The Hall–Kier alpha value is -1.09. The molecule has 0 amide bonds. The number of hydrogen-bond donors (Lipinski definition) is 2. The predicted octanol–water partition coefficient (Wildman–Crippen LogP) is 3.52. The minimum absolute atomic E-state index is 0.185. The molecule has 0 saturated carbocycles. The van der Waals surface area contributed by atoms with E-state index in [-0.39, 0.29) is 5.92 Å². The van der Waals surface area contributed by atoms with Crippen molar-refractivity contribution in [3.05, 3.63) is 42.3 Å². The van der Waals surface area contributed by atoms with E-state index < -0.39 is 7.60 Å². The zero-order valence-corrected chi connectivity index (χ0v) is 11.6. The van der Waals surface area contributed by atoms with Crippen molar-refractivity contribution in [3.63, 3.8) is 0 Å². The number of rotatable bonds is 5. The van der Waals surface area contributed by atoms with E-state index >= 15 is 0 Å². The predicted molar refractivity (Wildman–Crippen MR) is 72.2 cm³/mol. The fraction of sp³-hybridized carbons (Fsp3) is 0.308. The van der Waals surface area contributed by atoms with Crippen molar-refractivity contribution in [2.45, 2.75) is 26.7 Å². The highest BCUT2D eigenvalue weighted by Crippen LogP contribution is 2.42. The number of para-hydroxylation sites is 1.